The maximum Gasteiger partial charge on any atom is 0.223 e. The molecule has 0 fully saturated rings. The van der Waals surface area contributed by atoms with Crippen LogP contribution in [0.2, 0.25) is 0 Å². The molecule has 0 radical (unpaired) electrons. The van der Waals surface area contributed by atoms with Crippen LogP contribution in [-0.4, -0.2) is 39.1 Å². The van der Waals surface area contributed by atoms with Gasteiger partial charge in [-0.3, -0.25) is 0 Å². The van der Waals surface area contributed by atoms with E-state index in [0.717, 1.165) is 21.2 Å². The van der Waals surface area contributed by atoms with Gasteiger partial charge in [-0.25, -0.2) is 9.97 Å². The smallest absolute Gasteiger partial charge is 0.223 e. The van der Waals surface area contributed by atoms with E-state index in [4.69, 9.17) is 15.2 Å². The summed E-state index contributed by atoms with van der Waals surface area (Å²) >= 11 is 1.49. The zero-order valence-corrected chi connectivity index (χ0v) is 15.9. The molecule has 2 heterocycles. The van der Waals surface area contributed by atoms with Gasteiger partial charge in [0.25, 0.3) is 0 Å². The topological polar surface area (TPSA) is 88.1 Å². The van der Waals surface area contributed by atoms with Gasteiger partial charge in [0.05, 0.1) is 25.9 Å². The predicted molar refractivity (Wildman–Crippen MR) is 102 cm³/mol. The Balaban J connectivity index is 1.89. The Morgan fingerprint density at radius 2 is 2.20 bits per heavy atom. The lowest BCUT2D eigenvalue weighted by Crippen LogP contribution is -2.06. The molecule has 3 aromatic rings. The van der Waals surface area contributed by atoms with Gasteiger partial charge >= 0.3 is 0 Å². The van der Waals surface area contributed by atoms with E-state index in [1.54, 1.807) is 6.33 Å². The summed E-state index contributed by atoms with van der Waals surface area (Å²) in [5.41, 5.74) is 7.34. The lowest BCUT2D eigenvalue weighted by Gasteiger charge is -2.07. The van der Waals surface area contributed by atoms with Crippen LogP contribution in [0.25, 0.3) is 11.2 Å². The average molecular weight is 377 g/mol. The zero-order valence-electron chi connectivity index (χ0n) is 13.9. The first-order chi connectivity index (χ1) is 12.2. The molecule has 2 aromatic heterocycles. The number of imidazole rings is 1. The van der Waals surface area contributed by atoms with Crippen LogP contribution >= 0.6 is 21.0 Å². The van der Waals surface area contributed by atoms with Crippen LogP contribution in [0.15, 0.2) is 40.5 Å². The summed E-state index contributed by atoms with van der Waals surface area (Å²) in [7, 11) is 2.53. The first kappa shape index (κ1) is 17.9. The maximum absolute atomic E-state index is 5.90. The molecular weight excluding hydrogens is 357 g/mol. The van der Waals surface area contributed by atoms with Gasteiger partial charge in [0.2, 0.25) is 5.95 Å². The molecular formula is C16H20N5O2PS. The van der Waals surface area contributed by atoms with Gasteiger partial charge in [0, 0.05) is 11.4 Å². The third-order valence-electron chi connectivity index (χ3n) is 3.37. The fourth-order valence-electron chi connectivity index (χ4n) is 2.32. The molecule has 1 aromatic carbocycles. The average Bonchev–Trinajstić information content (AvgIpc) is 2.99. The minimum atomic E-state index is 0.227. The molecule has 9 heteroatoms. The Morgan fingerprint density at radius 3 is 3.00 bits per heavy atom. The molecule has 25 heavy (non-hydrogen) atoms. The summed E-state index contributed by atoms with van der Waals surface area (Å²) < 4.78 is 12.8. The quantitative estimate of drug-likeness (QED) is 0.367. The van der Waals surface area contributed by atoms with Gasteiger partial charge in [-0.1, -0.05) is 17.8 Å². The highest BCUT2D eigenvalue weighted by Crippen LogP contribution is 2.33. The number of nitrogen functional groups attached to an aromatic ring is 1. The SMILES string of the molecule is CCOc1cccc(Sc2nc(N)nc3c2ncn3CCOCP)c1. The Kier molecular flexibility index (Phi) is 6.07. The third-order valence-corrected chi connectivity index (χ3v) is 4.58. The molecule has 0 aliphatic rings. The lowest BCUT2D eigenvalue weighted by atomic mass is 10.3. The summed E-state index contributed by atoms with van der Waals surface area (Å²) in [4.78, 5) is 14.2. The standard InChI is InChI=1S/C16H20N5O2PS/c1-2-23-11-4-3-5-12(8-11)25-15-13-14(19-16(17)20-15)21(9-18-13)6-7-22-10-24/h3-5,8-9H,2,6-7,10,24H2,1H3,(H2,17,19,20). The van der Waals surface area contributed by atoms with Crippen molar-refractivity contribution in [2.24, 2.45) is 0 Å². The summed E-state index contributed by atoms with van der Waals surface area (Å²) in [6, 6.07) is 7.86. The molecule has 0 amide bonds. The number of anilines is 1. The molecule has 1 unspecified atom stereocenters. The normalized spacial score (nSPS) is 11.1. The molecule has 0 aliphatic heterocycles. The first-order valence-corrected chi connectivity index (χ1v) is 9.51. The number of fused-ring (bicyclic) bond motifs is 1. The number of nitrogens with zero attached hydrogens (tertiary/aromatic N) is 4. The lowest BCUT2D eigenvalue weighted by molar-refractivity contribution is 0.173. The number of hydrogen-bond acceptors (Lipinski definition) is 7. The van der Waals surface area contributed by atoms with Crippen molar-refractivity contribution in [1.29, 1.82) is 0 Å². The minimum absolute atomic E-state index is 0.227. The number of benzene rings is 1. The predicted octanol–water partition coefficient (Wildman–Crippen LogP) is 2.81. The van der Waals surface area contributed by atoms with Crippen LogP contribution in [0.4, 0.5) is 5.95 Å². The second kappa shape index (κ2) is 8.47. The van der Waals surface area contributed by atoms with Gasteiger partial charge in [0.15, 0.2) is 5.65 Å². The Labute approximate surface area is 152 Å². The van der Waals surface area contributed by atoms with Crippen LogP contribution in [0.5, 0.6) is 5.75 Å². The van der Waals surface area contributed by atoms with Gasteiger partial charge < -0.3 is 19.8 Å². The maximum atomic E-state index is 5.90. The summed E-state index contributed by atoms with van der Waals surface area (Å²) in [5.74, 6) is 1.05. The minimum Gasteiger partial charge on any atom is -0.494 e. The molecule has 2 N–H and O–H groups in total. The molecule has 0 bridgehead atoms. The van der Waals surface area contributed by atoms with E-state index in [2.05, 4.69) is 24.2 Å². The fourth-order valence-corrected chi connectivity index (χ4v) is 3.41. The van der Waals surface area contributed by atoms with Crippen LogP contribution in [0.1, 0.15) is 6.92 Å². The highest BCUT2D eigenvalue weighted by molar-refractivity contribution is 7.99. The van der Waals surface area contributed by atoms with Gasteiger partial charge in [-0.2, -0.15) is 4.98 Å². The zero-order chi connectivity index (χ0) is 17.6. The van der Waals surface area contributed by atoms with Crippen LogP contribution < -0.4 is 10.5 Å². The summed E-state index contributed by atoms with van der Waals surface area (Å²) in [5, 5.41) is 0.724. The van der Waals surface area contributed by atoms with E-state index in [1.807, 2.05) is 35.8 Å². The van der Waals surface area contributed by atoms with Crippen molar-refractivity contribution in [3.05, 3.63) is 30.6 Å². The van der Waals surface area contributed by atoms with Gasteiger partial charge in [-0.15, -0.1) is 9.24 Å². The number of aromatic nitrogens is 4. The third kappa shape index (κ3) is 4.39. The van der Waals surface area contributed by atoms with Crippen molar-refractivity contribution in [3.63, 3.8) is 0 Å². The second-order valence-electron chi connectivity index (χ2n) is 5.08. The molecule has 0 saturated carbocycles. The van der Waals surface area contributed by atoms with E-state index in [-0.39, 0.29) is 5.95 Å². The highest BCUT2D eigenvalue weighted by atomic mass is 32.2. The molecule has 132 valence electrons. The van der Waals surface area contributed by atoms with Crippen molar-refractivity contribution in [2.75, 3.05) is 25.3 Å². The number of hydrogen-bond donors (Lipinski definition) is 1. The summed E-state index contributed by atoms with van der Waals surface area (Å²) in [6.07, 6.45) is 2.34. The van der Waals surface area contributed by atoms with Crippen molar-refractivity contribution in [2.45, 2.75) is 23.4 Å². The number of ether oxygens (including phenoxy) is 2. The Bertz CT molecular complexity index is 858. The molecule has 1 atom stereocenters. The van der Waals surface area contributed by atoms with Gasteiger partial charge in [0.1, 0.15) is 16.3 Å². The Hall–Kier alpha value is -1.89. The van der Waals surface area contributed by atoms with E-state index in [0.29, 0.717) is 31.8 Å². The first-order valence-electron chi connectivity index (χ1n) is 7.88. The van der Waals surface area contributed by atoms with Crippen molar-refractivity contribution in [1.82, 2.24) is 19.5 Å². The summed E-state index contributed by atoms with van der Waals surface area (Å²) in [6.45, 7) is 3.83. The fraction of sp³-hybridized carbons (Fsp3) is 0.312. The molecule has 7 nitrogen and oxygen atoms in total. The van der Waals surface area contributed by atoms with E-state index < -0.39 is 0 Å². The second-order valence-corrected chi connectivity index (χ2v) is 6.48. The van der Waals surface area contributed by atoms with Crippen molar-refractivity contribution >= 4 is 38.1 Å². The monoisotopic (exact) mass is 377 g/mol. The van der Waals surface area contributed by atoms with Crippen molar-refractivity contribution in [3.8, 4) is 5.75 Å². The molecule has 0 aliphatic carbocycles. The number of rotatable bonds is 8. The highest BCUT2D eigenvalue weighted by Gasteiger charge is 2.14. The van der Waals surface area contributed by atoms with E-state index in [9.17, 15) is 0 Å². The van der Waals surface area contributed by atoms with Crippen LogP contribution in [0.3, 0.4) is 0 Å². The molecule has 3 rings (SSSR count). The van der Waals surface area contributed by atoms with Crippen molar-refractivity contribution < 1.29 is 9.47 Å². The van der Waals surface area contributed by atoms with E-state index in [1.165, 1.54) is 11.8 Å². The molecule has 0 spiro atoms. The molecule has 0 saturated heterocycles. The van der Waals surface area contributed by atoms with E-state index >= 15 is 0 Å². The number of nitrogens with two attached hydrogens (primary N) is 1. The van der Waals surface area contributed by atoms with Gasteiger partial charge in [-0.05, 0) is 25.1 Å². The van der Waals surface area contributed by atoms with Crippen LogP contribution in [-0.2, 0) is 11.3 Å². The largest absolute Gasteiger partial charge is 0.494 e. The Morgan fingerprint density at radius 1 is 1.32 bits per heavy atom. The van der Waals surface area contributed by atoms with Crippen LogP contribution in [0, 0.1) is 0 Å².